The SMILES string of the molecule is Cc1cn[nH]c1NC(=O)CCCl. The molecule has 0 fully saturated rings. The topological polar surface area (TPSA) is 57.8 Å². The Kier molecular flexibility index (Phi) is 3.10. The summed E-state index contributed by atoms with van der Waals surface area (Å²) in [7, 11) is 0. The number of aromatic amines is 1. The Morgan fingerprint density at radius 2 is 2.58 bits per heavy atom. The summed E-state index contributed by atoms with van der Waals surface area (Å²) in [4.78, 5) is 11.0. The summed E-state index contributed by atoms with van der Waals surface area (Å²) < 4.78 is 0. The van der Waals surface area contributed by atoms with Crippen molar-refractivity contribution in [1.29, 1.82) is 0 Å². The number of nitrogens with zero attached hydrogens (tertiary/aromatic N) is 1. The van der Waals surface area contributed by atoms with Gasteiger partial charge in [-0.25, -0.2) is 0 Å². The molecule has 0 saturated carbocycles. The van der Waals surface area contributed by atoms with E-state index in [1.807, 2.05) is 6.92 Å². The predicted octanol–water partition coefficient (Wildman–Crippen LogP) is 1.29. The molecule has 0 spiro atoms. The Morgan fingerprint density at radius 1 is 1.83 bits per heavy atom. The lowest BCUT2D eigenvalue weighted by Gasteiger charge is -2.00. The third-order valence-corrected chi connectivity index (χ3v) is 1.60. The number of carbonyl (C=O) groups is 1. The maximum Gasteiger partial charge on any atom is 0.226 e. The minimum Gasteiger partial charge on any atom is -0.311 e. The molecule has 1 heterocycles. The third kappa shape index (κ3) is 2.23. The van der Waals surface area contributed by atoms with E-state index in [0.717, 1.165) is 5.56 Å². The number of halogens is 1. The Bertz CT molecular complexity index is 271. The molecule has 66 valence electrons. The van der Waals surface area contributed by atoms with Crippen LogP contribution in [0.15, 0.2) is 6.20 Å². The van der Waals surface area contributed by atoms with Crippen LogP contribution in [0.2, 0.25) is 0 Å². The maximum absolute atomic E-state index is 11.0. The van der Waals surface area contributed by atoms with Crippen molar-refractivity contribution in [3.63, 3.8) is 0 Å². The Hall–Kier alpha value is -1.03. The first-order valence-corrected chi connectivity index (χ1v) is 4.13. The van der Waals surface area contributed by atoms with Gasteiger partial charge < -0.3 is 5.32 Å². The van der Waals surface area contributed by atoms with Gasteiger partial charge in [0, 0.05) is 17.9 Å². The van der Waals surface area contributed by atoms with E-state index >= 15 is 0 Å². The highest BCUT2D eigenvalue weighted by atomic mass is 35.5. The summed E-state index contributed by atoms with van der Waals surface area (Å²) in [5, 5.41) is 9.08. The van der Waals surface area contributed by atoms with Crippen LogP contribution in [0.3, 0.4) is 0 Å². The highest BCUT2D eigenvalue weighted by molar-refractivity contribution is 6.19. The van der Waals surface area contributed by atoms with Gasteiger partial charge in [0.25, 0.3) is 0 Å². The second-order valence-corrected chi connectivity index (χ2v) is 2.79. The van der Waals surface area contributed by atoms with Crippen LogP contribution in [-0.2, 0) is 4.79 Å². The van der Waals surface area contributed by atoms with Gasteiger partial charge in [0.15, 0.2) is 0 Å². The molecule has 5 heteroatoms. The molecule has 1 aromatic heterocycles. The van der Waals surface area contributed by atoms with Gasteiger partial charge in [0.2, 0.25) is 5.91 Å². The number of nitrogens with one attached hydrogen (secondary N) is 2. The lowest BCUT2D eigenvalue weighted by Crippen LogP contribution is -2.12. The van der Waals surface area contributed by atoms with Crippen molar-refractivity contribution in [2.45, 2.75) is 13.3 Å². The summed E-state index contributed by atoms with van der Waals surface area (Å²) in [6.45, 7) is 1.86. The first-order chi connectivity index (χ1) is 5.74. The molecule has 1 amide bonds. The average Bonchev–Trinajstić information content (AvgIpc) is 2.37. The number of rotatable bonds is 3. The number of anilines is 1. The molecule has 1 aromatic rings. The lowest BCUT2D eigenvalue weighted by molar-refractivity contribution is -0.115. The summed E-state index contributed by atoms with van der Waals surface area (Å²) in [5.74, 6) is 0.876. The average molecular weight is 188 g/mol. The van der Waals surface area contributed by atoms with Gasteiger partial charge in [-0.3, -0.25) is 9.89 Å². The summed E-state index contributed by atoms with van der Waals surface area (Å²) >= 11 is 5.39. The molecule has 0 atom stereocenters. The van der Waals surface area contributed by atoms with Crippen molar-refractivity contribution < 1.29 is 4.79 Å². The lowest BCUT2D eigenvalue weighted by atomic mass is 10.3. The van der Waals surface area contributed by atoms with E-state index in [-0.39, 0.29) is 5.91 Å². The summed E-state index contributed by atoms with van der Waals surface area (Å²) in [5.41, 5.74) is 0.915. The second-order valence-electron chi connectivity index (χ2n) is 2.42. The van der Waals surface area contributed by atoms with Gasteiger partial charge >= 0.3 is 0 Å². The fraction of sp³-hybridized carbons (Fsp3) is 0.429. The molecule has 0 aromatic carbocycles. The molecular formula is C7H10ClN3O. The van der Waals surface area contributed by atoms with Crippen LogP contribution in [0, 0.1) is 6.92 Å². The molecule has 0 saturated heterocycles. The van der Waals surface area contributed by atoms with Crippen LogP contribution in [0.1, 0.15) is 12.0 Å². The van der Waals surface area contributed by atoms with Crippen molar-refractivity contribution in [1.82, 2.24) is 10.2 Å². The third-order valence-electron chi connectivity index (χ3n) is 1.41. The number of amides is 1. The van der Waals surface area contributed by atoms with Crippen molar-refractivity contribution in [2.75, 3.05) is 11.2 Å². The molecular weight excluding hydrogens is 178 g/mol. The molecule has 0 aliphatic heterocycles. The minimum absolute atomic E-state index is 0.0997. The number of alkyl halides is 1. The number of carbonyl (C=O) groups excluding carboxylic acids is 1. The molecule has 0 radical (unpaired) electrons. The van der Waals surface area contributed by atoms with Gasteiger partial charge in [0.1, 0.15) is 5.82 Å². The first-order valence-electron chi connectivity index (χ1n) is 3.60. The van der Waals surface area contributed by atoms with Gasteiger partial charge in [0.05, 0.1) is 6.20 Å². The van der Waals surface area contributed by atoms with Gasteiger partial charge in [-0.2, -0.15) is 5.10 Å². The van der Waals surface area contributed by atoms with Gasteiger partial charge in [-0.15, -0.1) is 11.6 Å². The summed E-state index contributed by atoms with van der Waals surface area (Å²) in [6, 6.07) is 0. The van der Waals surface area contributed by atoms with Crippen molar-refractivity contribution >= 4 is 23.3 Å². The molecule has 0 unspecified atom stereocenters. The molecule has 0 aliphatic carbocycles. The van der Waals surface area contributed by atoms with E-state index < -0.39 is 0 Å². The number of hydrogen-bond acceptors (Lipinski definition) is 2. The highest BCUT2D eigenvalue weighted by Gasteiger charge is 2.04. The number of hydrogen-bond donors (Lipinski definition) is 2. The smallest absolute Gasteiger partial charge is 0.226 e. The van der Waals surface area contributed by atoms with Crippen LogP contribution in [-0.4, -0.2) is 22.0 Å². The Labute approximate surface area is 75.3 Å². The van der Waals surface area contributed by atoms with E-state index in [1.165, 1.54) is 0 Å². The molecule has 12 heavy (non-hydrogen) atoms. The molecule has 2 N–H and O–H groups in total. The monoisotopic (exact) mass is 187 g/mol. The van der Waals surface area contributed by atoms with Crippen molar-refractivity contribution in [2.24, 2.45) is 0 Å². The van der Waals surface area contributed by atoms with Crippen LogP contribution < -0.4 is 5.32 Å². The van der Waals surface area contributed by atoms with Crippen molar-refractivity contribution in [3.05, 3.63) is 11.8 Å². The normalized spacial score (nSPS) is 9.83. The molecule has 0 aliphatic rings. The standard InChI is InChI=1S/C7H10ClN3O/c1-5-4-9-11-7(5)10-6(12)2-3-8/h4H,2-3H2,1H3,(H2,9,10,11,12). The Balaban J connectivity index is 2.52. The molecule has 1 rings (SSSR count). The fourth-order valence-corrected chi connectivity index (χ4v) is 0.932. The van der Waals surface area contributed by atoms with Crippen LogP contribution in [0.5, 0.6) is 0 Å². The van der Waals surface area contributed by atoms with Gasteiger partial charge in [-0.1, -0.05) is 0 Å². The number of aromatic nitrogens is 2. The summed E-state index contributed by atoms with van der Waals surface area (Å²) in [6.07, 6.45) is 1.97. The minimum atomic E-state index is -0.0997. The number of H-pyrrole nitrogens is 1. The zero-order valence-electron chi connectivity index (χ0n) is 6.72. The van der Waals surface area contributed by atoms with E-state index in [9.17, 15) is 4.79 Å². The van der Waals surface area contributed by atoms with Crippen LogP contribution in [0.4, 0.5) is 5.82 Å². The molecule has 0 bridgehead atoms. The number of aryl methyl sites for hydroxylation is 1. The second kappa shape index (κ2) is 4.11. The first kappa shape index (κ1) is 9.06. The zero-order valence-corrected chi connectivity index (χ0v) is 7.48. The van der Waals surface area contributed by atoms with E-state index in [1.54, 1.807) is 6.20 Å². The fourth-order valence-electron chi connectivity index (χ4n) is 0.761. The predicted molar refractivity (Wildman–Crippen MR) is 47.3 cm³/mol. The maximum atomic E-state index is 11.0. The van der Waals surface area contributed by atoms with Crippen molar-refractivity contribution in [3.8, 4) is 0 Å². The van der Waals surface area contributed by atoms with E-state index in [4.69, 9.17) is 11.6 Å². The Morgan fingerprint density at radius 3 is 3.08 bits per heavy atom. The van der Waals surface area contributed by atoms with Gasteiger partial charge in [-0.05, 0) is 6.92 Å². The van der Waals surface area contributed by atoms with Crippen LogP contribution >= 0.6 is 11.6 Å². The zero-order chi connectivity index (χ0) is 8.97. The quantitative estimate of drug-likeness (QED) is 0.701. The van der Waals surface area contributed by atoms with E-state index in [2.05, 4.69) is 15.5 Å². The van der Waals surface area contributed by atoms with E-state index in [0.29, 0.717) is 18.1 Å². The largest absolute Gasteiger partial charge is 0.311 e. The highest BCUT2D eigenvalue weighted by Crippen LogP contribution is 2.08. The molecule has 4 nitrogen and oxygen atoms in total. The van der Waals surface area contributed by atoms with Crippen LogP contribution in [0.25, 0.3) is 0 Å².